The minimum atomic E-state index is -2.99. The van der Waals surface area contributed by atoms with Crippen LogP contribution in [0.3, 0.4) is 0 Å². The molecule has 2 saturated heterocycles. The number of amides is 1. The van der Waals surface area contributed by atoms with E-state index < -0.39 is 9.84 Å². The van der Waals surface area contributed by atoms with Crippen molar-refractivity contribution < 1.29 is 13.2 Å². The Morgan fingerprint density at radius 1 is 1.19 bits per heavy atom. The van der Waals surface area contributed by atoms with Gasteiger partial charge in [0.15, 0.2) is 9.84 Å². The highest BCUT2D eigenvalue weighted by Gasteiger charge is 2.41. The zero-order chi connectivity index (χ0) is 15.6. The van der Waals surface area contributed by atoms with Crippen molar-refractivity contribution in [3.8, 4) is 0 Å². The molecule has 0 unspecified atom stereocenters. The van der Waals surface area contributed by atoms with Crippen LogP contribution in [0.2, 0.25) is 0 Å². The average molecular weight is 316 g/mol. The first kappa shape index (κ1) is 16.7. The van der Waals surface area contributed by atoms with Crippen molar-refractivity contribution in [1.29, 1.82) is 0 Å². The van der Waals surface area contributed by atoms with E-state index in [1.54, 1.807) is 0 Å². The highest BCUT2D eigenvalue weighted by molar-refractivity contribution is 7.92. The number of carbonyl (C=O) groups is 1. The summed E-state index contributed by atoms with van der Waals surface area (Å²) in [5.41, 5.74) is 0. The van der Waals surface area contributed by atoms with Gasteiger partial charge in [0.1, 0.15) is 0 Å². The van der Waals surface area contributed by atoms with Crippen LogP contribution in [0, 0.1) is 5.92 Å². The number of hydrogen-bond acceptors (Lipinski definition) is 4. The molecule has 0 radical (unpaired) electrons. The van der Waals surface area contributed by atoms with Gasteiger partial charge in [0.2, 0.25) is 5.91 Å². The van der Waals surface area contributed by atoms with E-state index in [2.05, 4.69) is 18.7 Å². The van der Waals surface area contributed by atoms with E-state index in [-0.39, 0.29) is 23.0 Å². The SMILES string of the molecule is CC(C)CCC(=O)N1CC[C@@H]2[C@H](CC1)N(C)CCS2(=O)=O. The molecule has 0 spiro atoms. The van der Waals surface area contributed by atoms with Crippen LogP contribution in [0.1, 0.15) is 39.5 Å². The summed E-state index contributed by atoms with van der Waals surface area (Å²) in [4.78, 5) is 16.3. The average Bonchev–Trinajstić information content (AvgIpc) is 2.64. The van der Waals surface area contributed by atoms with Crippen LogP contribution >= 0.6 is 0 Å². The summed E-state index contributed by atoms with van der Waals surface area (Å²) in [5, 5.41) is -0.292. The Kier molecular flexibility index (Phi) is 5.30. The van der Waals surface area contributed by atoms with Crippen molar-refractivity contribution in [2.24, 2.45) is 5.92 Å². The van der Waals surface area contributed by atoms with Crippen LogP contribution in [0.4, 0.5) is 0 Å². The fraction of sp³-hybridized carbons (Fsp3) is 0.933. The zero-order valence-corrected chi connectivity index (χ0v) is 14.2. The second-order valence-corrected chi connectivity index (χ2v) is 9.18. The van der Waals surface area contributed by atoms with Gasteiger partial charge in [-0.25, -0.2) is 8.42 Å². The van der Waals surface area contributed by atoms with Crippen molar-refractivity contribution in [2.75, 3.05) is 32.4 Å². The summed E-state index contributed by atoms with van der Waals surface area (Å²) in [6.07, 6.45) is 2.84. The lowest BCUT2D eigenvalue weighted by Gasteiger charge is -2.37. The highest BCUT2D eigenvalue weighted by atomic mass is 32.2. The van der Waals surface area contributed by atoms with Gasteiger partial charge in [0.05, 0.1) is 11.0 Å². The van der Waals surface area contributed by atoms with E-state index in [1.807, 2.05) is 11.9 Å². The summed E-state index contributed by atoms with van der Waals surface area (Å²) in [6, 6.07) is 0.0756. The maximum Gasteiger partial charge on any atom is 0.222 e. The smallest absolute Gasteiger partial charge is 0.222 e. The van der Waals surface area contributed by atoms with Crippen LogP contribution in [0.25, 0.3) is 0 Å². The van der Waals surface area contributed by atoms with Gasteiger partial charge in [-0.2, -0.15) is 0 Å². The number of carbonyl (C=O) groups excluding carboxylic acids is 1. The summed E-state index contributed by atoms with van der Waals surface area (Å²) in [7, 11) is -0.992. The monoisotopic (exact) mass is 316 g/mol. The zero-order valence-electron chi connectivity index (χ0n) is 13.4. The third-order valence-corrected chi connectivity index (χ3v) is 7.08. The van der Waals surface area contributed by atoms with Gasteiger partial charge in [0.25, 0.3) is 0 Å². The Bertz CT molecular complexity index is 475. The predicted molar refractivity (Wildman–Crippen MR) is 83.9 cm³/mol. The van der Waals surface area contributed by atoms with Gasteiger partial charge < -0.3 is 9.80 Å². The summed E-state index contributed by atoms with van der Waals surface area (Å²) in [5.74, 6) is 0.962. The first-order valence-corrected chi connectivity index (χ1v) is 9.72. The number of rotatable bonds is 3. The molecule has 122 valence electrons. The molecule has 2 fully saturated rings. The standard InChI is InChI=1S/C15H28N2O3S/c1-12(2)4-5-15(18)17-8-6-13-14(7-9-17)21(19,20)11-10-16(13)3/h12-14H,4-11H2,1-3H3/t13-,14+/m0/s1. The Hall–Kier alpha value is -0.620. The van der Waals surface area contributed by atoms with Crippen LogP contribution in [-0.2, 0) is 14.6 Å². The summed E-state index contributed by atoms with van der Waals surface area (Å²) < 4.78 is 24.6. The van der Waals surface area contributed by atoms with Gasteiger partial charge in [-0.1, -0.05) is 13.8 Å². The van der Waals surface area contributed by atoms with Gasteiger partial charge in [-0.3, -0.25) is 4.79 Å². The third kappa shape index (κ3) is 3.97. The Balaban J connectivity index is 2.02. The molecule has 0 aliphatic carbocycles. The minimum absolute atomic E-state index is 0.0756. The molecule has 2 rings (SSSR count). The van der Waals surface area contributed by atoms with Crippen molar-refractivity contribution in [3.05, 3.63) is 0 Å². The van der Waals surface area contributed by atoms with E-state index in [0.717, 1.165) is 12.8 Å². The molecule has 0 bridgehead atoms. The van der Waals surface area contributed by atoms with Crippen LogP contribution < -0.4 is 0 Å². The normalized spacial score (nSPS) is 30.0. The fourth-order valence-electron chi connectivity index (χ4n) is 3.39. The first-order chi connectivity index (χ1) is 9.81. The quantitative estimate of drug-likeness (QED) is 0.783. The highest BCUT2D eigenvalue weighted by Crippen LogP contribution is 2.27. The molecule has 0 aromatic rings. The lowest BCUT2D eigenvalue weighted by Crippen LogP contribution is -2.52. The lowest BCUT2D eigenvalue weighted by molar-refractivity contribution is -0.131. The largest absolute Gasteiger partial charge is 0.343 e. The maximum atomic E-state index is 12.3. The molecule has 1 amide bonds. The second-order valence-electron chi connectivity index (χ2n) is 6.84. The number of nitrogens with zero attached hydrogens (tertiary/aromatic N) is 2. The Morgan fingerprint density at radius 3 is 2.52 bits per heavy atom. The molecule has 2 aliphatic heterocycles. The van der Waals surface area contributed by atoms with Crippen molar-refractivity contribution in [2.45, 2.75) is 50.8 Å². The molecular weight excluding hydrogens is 288 g/mol. The van der Waals surface area contributed by atoms with Crippen LogP contribution in [-0.4, -0.2) is 67.9 Å². The van der Waals surface area contributed by atoms with Gasteiger partial charge >= 0.3 is 0 Å². The molecule has 0 aromatic carbocycles. The Labute approximate surface area is 128 Å². The predicted octanol–water partition coefficient (Wildman–Crippen LogP) is 1.14. The van der Waals surface area contributed by atoms with Crippen molar-refractivity contribution in [3.63, 3.8) is 0 Å². The molecule has 2 aliphatic rings. The molecule has 5 nitrogen and oxygen atoms in total. The molecule has 6 heteroatoms. The molecule has 0 N–H and O–H groups in total. The topological polar surface area (TPSA) is 57.7 Å². The van der Waals surface area contributed by atoms with Gasteiger partial charge in [0, 0.05) is 32.1 Å². The molecule has 21 heavy (non-hydrogen) atoms. The van der Waals surface area contributed by atoms with Crippen molar-refractivity contribution in [1.82, 2.24) is 9.80 Å². The number of hydrogen-bond donors (Lipinski definition) is 0. The van der Waals surface area contributed by atoms with E-state index in [4.69, 9.17) is 0 Å². The van der Waals surface area contributed by atoms with Crippen molar-refractivity contribution >= 4 is 15.7 Å². The molecular formula is C15H28N2O3S. The first-order valence-electron chi connectivity index (χ1n) is 8.01. The van der Waals surface area contributed by atoms with Gasteiger partial charge in [-0.15, -0.1) is 0 Å². The number of likely N-dealkylation sites (tertiary alicyclic amines) is 1. The van der Waals surface area contributed by atoms with Crippen LogP contribution in [0.5, 0.6) is 0 Å². The minimum Gasteiger partial charge on any atom is -0.343 e. The molecule has 0 saturated carbocycles. The summed E-state index contributed by atoms with van der Waals surface area (Å²) >= 11 is 0. The van der Waals surface area contributed by atoms with Gasteiger partial charge in [-0.05, 0) is 32.2 Å². The number of sulfone groups is 1. The van der Waals surface area contributed by atoms with E-state index in [9.17, 15) is 13.2 Å². The van der Waals surface area contributed by atoms with E-state index in [0.29, 0.717) is 38.4 Å². The molecule has 2 heterocycles. The number of fused-ring (bicyclic) bond motifs is 1. The molecule has 2 atom stereocenters. The molecule has 0 aromatic heterocycles. The van der Waals surface area contributed by atoms with Crippen LogP contribution in [0.15, 0.2) is 0 Å². The second kappa shape index (κ2) is 6.65. The fourth-order valence-corrected chi connectivity index (χ4v) is 5.52. The lowest BCUT2D eigenvalue weighted by atomic mass is 10.1. The maximum absolute atomic E-state index is 12.3. The Morgan fingerprint density at radius 2 is 1.86 bits per heavy atom. The summed E-state index contributed by atoms with van der Waals surface area (Å²) in [6.45, 7) is 6.13. The van der Waals surface area contributed by atoms with E-state index >= 15 is 0 Å². The van der Waals surface area contributed by atoms with E-state index in [1.165, 1.54) is 0 Å². The third-order valence-electron chi connectivity index (χ3n) is 4.85.